The molecule has 9 heteroatoms. The van der Waals surface area contributed by atoms with E-state index in [1.54, 1.807) is 43.5 Å². The molecule has 2 amide bonds. The molecule has 3 N–H and O–H groups in total. The van der Waals surface area contributed by atoms with Crippen LogP contribution >= 0.6 is 39.7 Å². The number of methoxy groups -OCH3 is 1. The number of rotatable bonds is 5. The van der Waals surface area contributed by atoms with E-state index in [0.717, 1.165) is 25.7 Å². The van der Waals surface area contributed by atoms with Crippen LogP contribution in [0.15, 0.2) is 40.9 Å². The zero-order valence-corrected chi connectivity index (χ0v) is 20.1. The molecule has 0 bridgehead atoms. The minimum Gasteiger partial charge on any atom is -0.496 e. The van der Waals surface area contributed by atoms with Crippen LogP contribution in [0.25, 0.3) is 0 Å². The molecule has 3 rings (SSSR count). The van der Waals surface area contributed by atoms with Crippen LogP contribution in [0, 0.1) is 0 Å². The lowest BCUT2D eigenvalue weighted by molar-refractivity contribution is 0.0926. The highest BCUT2D eigenvalue weighted by Gasteiger charge is 2.19. The lowest BCUT2D eigenvalue weighted by Crippen LogP contribution is -2.36. The van der Waals surface area contributed by atoms with E-state index in [0.29, 0.717) is 32.1 Å². The molecule has 0 heterocycles. The van der Waals surface area contributed by atoms with Crippen molar-refractivity contribution in [3.63, 3.8) is 0 Å². The maximum absolute atomic E-state index is 12.7. The van der Waals surface area contributed by atoms with Gasteiger partial charge in [-0.2, -0.15) is 0 Å². The van der Waals surface area contributed by atoms with Crippen LogP contribution in [0.3, 0.4) is 0 Å². The molecule has 0 unspecified atom stereocenters. The number of benzene rings is 2. The Morgan fingerprint density at radius 2 is 1.84 bits per heavy atom. The van der Waals surface area contributed by atoms with Crippen LogP contribution < -0.4 is 20.7 Å². The monoisotopic (exact) mass is 523 g/mol. The van der Waals surface area contributed by atoms with Crippen LogP contribution in [-0.2, 0) is 0 Å². The summed E-state index contributed by atoms with van der Waals surface area (Å²) in [7, 11) is 1.55. The number of anilines is 1. The predicted molar refractivity (Wildman–Crippen MR) is 130 cm³/mol. The predicted octanol–water partition coefficient (Wildman–Crippen LogP) is 5.30. The van der Waals surface area contributed by atoms with Crippen molar-refractivity contribution in [2.45, 2.75) is 38.1 Å². The molecule has 0 spiro atoms. The fourth-order valence-electron chi connectivity index (χ4n) is 3.43. The molecule has 0 aromatic heterocycles. The second kappa shape index (κ2) is 10.9. The maximum atomic E-state index is 12.7. The number of halogens is 2. The fourth-order valence-corrected chi connectivity index (χ4v) is 4.39. The van der Waals surface area contributed by atoms with Crippen LogP contribution in [0.4, 0.5) is 5.69 Å². The first kappa shape index (κ1) is 23.5. The Morgan fingerprint density at radius 1 is 1.10 bits per heavy atom. The third kappa shape index (κ3) is 6.41. The van der Waals surface area contributed by atoms with Crippen molar-refractivity contribution in [1.82, 2.24) is 10.6 Å². The second-order valence-electron chi connectivity index (χ2n) is 7.26. The van der Waals surface area contributed by atoms with Gasteiger partial charge in [-0.3, -0.25) is 14.9 Å². The van der Waals surface area contributed by atoms with Gasteiger partial charge in [0.25, 0.3) is 11.8 Å². The van der Waals surface area contributed by atoms with Crippen molar-refractivity contribution in [3.05, 3.63) is 57.0 Å². The normalized spacial score (nSPS) is 13.9. The lowest BCUT2D eigenvalue weighted by atomic mass is 9.95. The number of thiocarbonyl (C=S) groups is 1. The average Bonchev–Trinajstić information content (AvgIpc) is 2.75. The summed E-state index contributed by atoms with van der Waals surface area (Å²) in [6.07, 6.45) is 5.43. The zero-order chi connectivity index (χ0) is 22.4. The Hall–Kier alpha value is -2.16. The topological polar surface area (TPSA) is 79.5 Å². The molecular weight excluding hydrogens is 502 g/mol. The molecule has 0 aliphatic heterocycles. The first-order valence-electron chi connectivity index (χ1n) is 9.93. The Labute approximate surface area is 200 Å². The van der Waals surface area contributed by atoms with E-state index >= 15 is 0 Å². The van der Waals surface area contributed by atoms with Crippen molar-refractivity contribution >= 4 is 62.4 Å². The quantitative estimate of drug-likeness (QED) is 0.463. The van der Waals surface area contributed by atoms with Crippen LogP contribution in [0.5, 0.6) is 5.75 Å². The van der Waals surface area contributed by atoms with E-state index in [-0.39, 0.29) is 23.0 Å². The number of amides is 2. The Bertz CT molecular complexity index is 996. The number of carbonyl (C=O) groups excluding carboxylic acids is 2. The number of nitrogens with one attached hydrogen (secondary N) is 3. The minimum atomic E-state index is -0.370. The summed E-state index contributed by atoms with van der Waals surface area (Å²) in [5.74, 6) is 0.0427. The van der Waals surface area contributed by atoms with Crippen molar-refractivity contribution < 1.29 is 14.3 Å². The van der Waals surface area contributed by atoms with Gasteiger partial charge >= 0.3 is 0 Å². The highest BCUT2D eigenvalue weighted by atomic mass is 79.9. The summed E-state index contributed by atoms with van der Waals surface area (Å²) < 4.78 is 5.83. The Balaban J connectivity index is 1.63. The molecule has 2 aromatic carbocycles. The Morgan fingerprint density at radius 3 is 2.52 bits per heavy atom. The first-order chi connectivity index (χ1) is 14.9. The lowest BCUT2D eigenvalue weighted by Gasteiger charge is -2.23. The first-order valence-corrected chi connectivity index (χ1v) is 11.5. The van der Waals surface area contributed by atoms with Gasteiger partial charge in [-0.05, 0) is 77.4 Å². The van der Waals surface area contributed by atoms with E-state index < -0.39 is 0 Å². The third-order valence-corrected chi connectivity index (χ3v) is 6.20. The summed E-state index contributed by atoms with van der Waals surface area (Å²) in [6, 6.07) is 10.1. The van der Waals surface area contributed by atoms with E-state index in [1.165, 1.54) is 6.42 Å². The van der Waals surface area contributed by atoms with Gasteiger partial charge in [-0.25, -0.2) is 0 Å². The molecule has 31 heavy (non-hydrogen) atoms. The third-order valence-electron chi connectivity index (χ3n) is 5.05. The van der Waals surface area contributed by atoms with Crippen LogP contribution in [0.2, 0.25) is 5.02 Å². The fraction of sp³-hybridized carbons (Fsp3) is 0.318. The molecular formula is C22H23BrClN3O3S. The average molecular weight is 525 g/mol. The van der Waals surface area contributed by atoms with Crippen LogP contribution in [-0.4, -0.2) is 30.1 Å². The van der Waals surface area contributed by atoms with Gasteiger partial charge in [0, 0.05) is 17.3 Å². The number of carbonyl (C=O) groups is 2. The molecule has 1 aliphatic carbocycles. The second-order valence-corrected chi connectivity index (χ2v) is 8.93. The van der Waals surface area contributed by atoms with Gasteiger partial charge < -0.3 is 15.4 Å². The van der Waals surface area contributed by atoms with Gasteiger partial charge in [0.2, 0.25) is 0 Å². The van der Waals surface area contributed by atoms with Crippen molar-refractivity contribution in [3.8, 4) is 5.75 Å². The van der Waals surface area contributed by atoms with E-state index in [1.807, 2.05) is 0 Å². The highest BCUT2D eigenvalue weighted by molar-refractivity contribution is 9.10. The molecule has 0 radical (unpaired) electrons. The molecule has 0 atom stereocenters. The maximum Gasteiger partial charge on any atom is 0.257 e. The van der Waals surface area contributed by atoms with Crippen LogP contribution in [0.1, 0.15) is 52.8 Å². The Kier molecular flexibility index (Phi) is 8.28. The molecule has 2 aromatic rings. The summed E-state index contributed by atoms with van der Waals surface area (Å²) in [4.78, 5) is 25.1. The summed E-state index contributed by atoms with van der Waals surface area (Å²) in [5, 5.41) is 9.08. The van der Waals surface area contributed by atoms with E-state index in [4.69, 9.17) is 28.6 Å². The minimum absolute atomic E-state index is 0.109. The summed E-state index contributed by atoms with van der Waals surface area (Å²) in [5.41, 5.74) is 1.34. The van der Waals surface area contributed by atoms with Crippen molar-refractivity contribution in [2.75, 3.05) is 12.4 Å². The largest absolute Gasteiger partial charge is 0.496 e. The summed E-state index contributed by atoms with van der Waals surface area (Å²) in [6.45, 7) is 0. The standard InChI is InChI=1S/C22H23BrClN3O3S/c1-30-19-10-7-13(11-17(19)23)20(28)27-22(31)26-15-8-9-18(24)16(12-15)21(29)25-14-5-3-2-4-6-14/h7-12,14H,2-6H2,1H3,(H,25,29)(H2,26,27,28,31). The zero-order valence-electron chi connectivity index (χ0n) is 17.0. The number of hydrogen-bond acceptors (Lipinski definition) is 4. The number of ether oxygens (including phenoxy) is 1. The molecule has 164 valence electrons. The SMILES string of the molecule is COc1ccc(C(=O)NC(=S)Nc2ccc(Cl)c(C(=O)NC3CCCCC3)c2)cc1Br. The van der Waals surface area contributed by atoms with Crippen molar-refractivity contribution in [1.29, 1.82) is 0 Å². The van der Waals surface area contributed by atoms with Gasteiger partial charge in [0.1, 0.15) is 5.75 Å². The smallest absolute Gasteiger partial charge is 0.257 e. The molecule has 1 aliphatic rings. The molecule has 6 nitrogen and oxygen atoms in total. The van der Waals surface area contributed by atoms with Gasteiger partial charge in [0.05, 0.1) is 22.2 Å². The highest BCUT2D eigenvalue weighted by Crippen LogP contribution is 2.26. The molecule has 1 fully saturated rings. The van der Waals surface area contributed by atoms with E-state index in [9.17, 15) is 9.59 Å². The number of hydrogen-bond donors (Lipinski definition) is 3. The van der Waals surface area contributed by atoms with Gasteiger partial charge in [-0.15, -0.1) is 0 Å². The van der Waals surface area contributed by atoms with Gasteiger partial charge in [0.15, 0.2) is 5.11 Å². The molecule has 1 saturated carbocycles. The van der Waals surface area contributed by atoms with E-state index in [2.05, 4.69) is 31.9 Å². The summed E-state index contributed by atoms with van der Waals surface area (Å²) >= 11 is 14.9. The molecule has 0 saturated heterocycles. The van der Waals surface area contributed by atoms with Gasteiger partial charge in [-0.1, -0.05) is 30.9 Å². The van der Waals surface area contributed by atoms with Crippen molar-refractivity contribution in [2.24, 2.45) is 0 Å².